The van der Waals surface area contributed by atoms with E-state index in [1.807, 2.05) is 0 Å². The van der Waals surface area contributed by atoms with Gasteiger partial charge < -0.3 is 9.84 Å². The topological polar surface area (TPSA) is 41.5 Å². The average molecular weight is 284 g/mol. The predicted molar refractivity (Wildman–Crippen MR) is 61.9 cm³/mol. The number of hydrogen-bond acceptors (Lipinski definition) is 3. The third-order valence-electron chi connectivity index (χ3n) is 2.31. The molecule has 1 aromatic carbocycles. The molecular weight excluding hydrogens is 271 g/mol. The van der Waals surface area contributed by atoms with Gasteiger partial charge in [0.05, 0.1) is 31.3 Å². The summed E-state index contributed by atoms with van der Waals surface area (Å²) in [7, 11) is 1.44. The average Bonchev–Trinajstić information content (AvgIpc) is 2.28. The number of benzene rings is 1. The molecule has 0 aliphatic heterocycles. The number of ether oxygens (including phenoxy) is 1. The largest absolute Gasteiger partial charge is 0.495 e. The van der Waals surface area contributed by atoms with Crippen molar-refractivity contribution in [1.82, 2.24) is 5.32 Å². The number of methoxy groups -OCH3 is 1. The standard InChI is InChI=1S/C11H13ClF3NO2/c1-18-10-3-2-7(4-8(10)12)9(5-17)16-6-11(13,14)15/h2-4,9,16-17H,5-6H2,1H3. The molecule has 0 radical (unpaired) electrons. The second-order valence-electron chi connectivity index (χ2n) is 3.63. The second-order valence-corrected chi connectivity index (χ2v) is 4.03. The van der Waals surface area contributed by atoms with Crippen LogP contribution in [0.15, 0.2) is 18.2 Å². The number of halogens is 4. The molecule has 0 amide bonds. The van der Waals surface area contributed by atoms with E-state index in [2.05, 4.69) is 5.32 Å². The van der Waals surface area contributed by atoms with Crippen molar-refractivity contribution < 1.29 is 23.0 Å². The van der Waals surface area contributed by atoms with Crippen molar-refractivity contribution in [2.24, 2.45) is 0 Å². The number of hydrogen-bond donors (Lipinski definition) is 2. The number of alkyl halides is 3. The van der Waals surface area contributed by atoms with Gasteiger partial charge in [0.1, 0.15) is 5.75 Å². The van der Waals surface area contributed by atoms with Crippen molar-refractivity contribution >= 4 is 11.6 Å². The highest BCUT2D eigenvalue weighted by Gasteiger charge is 2.28. The Balaban J connectivity index is 2.79. The summed E-state index contributed by atoms with van der Waals surface area (Å²) in [4.78, 5) is 0. The maximum atomic E-state index is 12.1. The van der Waals surface area contributed by atoms with Crippen molar-refractivity contribution in [2.45, 2.75) is 12.2 Å². The lowest BCUT2D eigenvalue weighted by atomic mass is 10.1. The molecule has 7 heteroatoms. The van der Waals surface area contributed by atoms with Gasteiger partial charge in [0, 0.05) is 0 Å². The van der Waals surface area contributed by atoms with Crippen LogP contribution in [-0.4, -0.2) is 31.5 Å². The molecule has 2 N–H and O–H groups in total. The van der Waals surface area contributed by atoms with E-state index in [4.69, 9.17) is 21.4 Å². The van der Waals surface area contributed by atoms with Crippen LogP contribution >= 0.6 is 11.6 Å². The van der Waals surface area contributed by atoms with Crippen molar-refractivity contribution in [3.63, 3.8) is 0 Å². The van der Waals surface area contributed by atoms with Crippen molar-refractivity contribution in [1.29, 1.82) is 0 Å². The Morgan fingerprint density at radius 1 is 1.44 bits per heavy atom. The van der Waals surface area contributed by atoms with E-state index in [9.17, 15) is 13.2 Å². The first-order valence-electron chi connectivity index (χ1n) is 5.12. The molecule has 0 bridgehead atoms. The first-order valence-corrected chi connectivity index (χ1v) is 5.49. The zero-order valence-electron chi connectivity index (χ0n) is 9.59. The van der Waals surface area contributed by atoms with Gasteiger partial charge in [-0.25, -0.2) is 0 Å². The monoisotopic (exact) mass is 283 g/mol. The molecule has 18 heavy (non-hydrogen) atoms. The van der Waals surface area contributed by atoms with Gasteiger partial charge in [0.15, 0.2) is 0 Å². The van der Waals surface area contributed by atoms with E-state index in [0.29, 0.717) is 11.3 Å². The Labute approximate surface area is 108 Å². The van der Waals surface area contributed by atoms with Crippen LogP contribution in [0.4, 0.5) is 13.2 Å². The minimum absolute atomic E-state index is 0.280. The Morgan fingerprint density at radius 3 is 2.56 bits per heavy atom. The Morgan fingerprint density at radius 2 is 2.11 bits per heavy atom. The molecule has 102 valence electrons. The summed E-state index contributed by atoms with van der Waals surface area (Å²) in [5, 5.41) is 11.6. The van der Waals surface area contributed by atoms with Crippen molar-refractivity contribution in [2.75, 3.05) is 20.3 Å². The molecule has 1 rings (SSSR count). The summed E-state index contributed by atoms with van der Waals surface area (Å²) in [6, 6.07) is 3.73. The van der Waals surface area contributed by atoms with E-state index in [1.54, 1.807) is 6.07 Å². The van der Waals surface area contributed by atoms with Crippen LogP contribution in [0.3, 0.4) is 0 Å². The Hall–Kier alpha value is -0.980. The van der Waals surface area contributed by atoms with Crippen LogP contribution in [0, 0.1) is 0 Å². The van der Waals surface area contributed by atoms with Crippen LogP contribution in [0.5, 0.6) is 5.75 Å². The highest BCUT2D eigenvalue weighted by Crippen LogP contribution is 2.27. The first kappa shape index (κ1) is 15.1. The van der Waals surface area contributed by atoms with Gasteiger partial charge in [-0.2, -0.15) is 13.2 Å². The lowest BCUT2D eigenvalue weighted by Gasteiger charge is -2.18. The molecule has 1 unspecified atom stereocenters. The number of nitrogens with one attached hydrogen (secondary N) is 1. The number of rotatable bonds is 5. The summed E-state index contributed by atoms with van der Waals surface area (Å²) in [5.74, 6) is 0.424. The highest BCUT2D eigenvalue weighted by atomic mass is 35.5. The molecular formula is C11H13ClF3NO2. The Kier molecular flexibility index (Phi) is 5.25. The minimum Gasteiger partial charge on any atom is -0.495 e. The number of aliphatic hydroxyl groups is 1. The van der Waals surface area contributed by atoms with Crippen LogP contribution in [0.1, 0.15) is 11.6 Å². The fourth-order valence-electron chi connectivity index (χ4n) is 1.43. The number of aliphatic hydroxyl groups excluding tert-OH is 1. The van der Waals surface area contributed by atoms with Crippen LogP contribution in [0.25, 0.3) is 0 Å². The summed E-state index contributed by atoms with van der Waals surface area (Å²) in [6.07, 6.45) is -4.33. The zero-order valence-corrected chi connectivity index (χ0v) is 10.3. The lowest BCUT2D eigenvalue weighted by Crippen LogP contribution is -2.33. The predicted octanol–water partition coefficient (Wildman–Crippen LogP) is 2.53. The fourth-order valence-corrected chi connectivity index (χ4v) is 1.69. The summed E-state index contributed by atoms with van der Waals surface area (Å²) < 4.78 is 41.2. The third kappa shape index (κ3) is 4.36. The van der Waals surface area contributed by atoms with Gasteiger partial charge in [0.25, 0.3) is 0 Å². The van der Waals surface area contributed by atoms with Gasteiger partial charge in [-0.3, -0.25) is 5.32 Å². The molecule has 1 atom stereocenters. The van der Waals surface area contributed by atoms with E-state index in [0.717, 1.165) is 0 Å². The molecule has 0 saturated carbocycles. The SMILES string of the molecule is COc1ccc(C(CO)NCC(F)(F)F)cc1Cl. The van der Waals surface area contributed by atoms with E-state index in [-0.39, 0.29) is 5.02 Å². The quantitative estimate of drug-likeness (QED) is 0.872. The van der Waals surface area contributed by atoms with Crippen LogP contribution < -0.4 is 10.1 Å². The van der Waals surface area contributed by atoms with Crippen LogP contribution in [-0.2, 0) is 0 Å². The molecule has 0 aromatic heterocycles. The fraction of sp³-hybridized carbons (Fsp3) is 0.455. The maximum absolute atomic E-state index is 12.1. The lowest BCUT2D eigenvalue weighted by molar-refractivity contribution is -0.126. The third-order valence-corrected chi connectivity index (χ3v) is 2.61. The first-order chi connectivity index (χ1) is 8.37. The smallest absolute Gasteiger partial charge is 0.401 e. The molecule has 0 aliphatic carbocycles. The van der Waals surface area contributed by atoms with E-state index < -0.39 is 25.4 Å². The van der Waals surface area contributed by atoms with Crippen LogP contribution in [0.2, 0.25) is 5.02 Å². The molecule has 0 fully saturated rings. The molecule has 0 spiro atoms. The Bertz CT molecular complexity index is 398. The van der Waals surface area contributed by atoms with E-state index >= 15 is 0 Å². The zero-order chi connectivity index (χ0) is 13.8. The van der Waals surface area contributed by atoms with E-state index in [1.165, 1.54) is 19.2 Å². The summed E-state index contributed by atoms with van der Waals surface area (Å²) in [5.41, 5.74) is 0.465. The molecule has 1 aromatic rings. The molecule has 0 aliphatic rings. The van der Waals surface area contributed by atoms with Gasteiger partial charge in [-0.05, 0) is 17.7 Å². The molecule has 0 saturated heterocycles. The summed E-state index contributed by atoms with van der Waals surface area (Å²) in [6.45, 7) is -1.64. The van der Waals surface area contributed by atoms with Gasteiger partial charge in [-0.1, -0.05) is 17.7 Å². The normalized spacial score (nSPS) is 13.4. The highest BCUT2D eigenvalue weighted by molar-refractivity contribution is 6.32. The minimum atomic E-state index is -4.33. The molecule has 3 nitrogen and oxygen atoms in total. The molecule has 0 heterocycles. The maximum Gasteiger partial charge on any atom is 0.401 e. The summed E-state index contributed by atoms with van der Waals surface area (Å²) >= 11 is 5.86. The van der Waals surface area contributed by atoms with Crippen molar-refractivity contribution in [3.05, 3.63) is 28.8 Å². The second kappa shape index (κ2) is 6.26. The van der Waals surface area contributed by atoms with Gasteiger partial charge in [-0.15, -0.1) is 0 Å². The van der Waals surface area contributed by atoms with Crippen molar-refractivity contribution in [3.8, 4) is 5.75 Å². The van der Waals surface area contributed by atoms with Gasteiger partial charge in [0.2, 0.25) is 0 Å². The van der Waals surface area contributed by atoms with Gasteiger partial charge >= 0.3 is 6.18 Å².